The number of carbonyl (C=O) groups is 1. The van der Waals surface area contributed by atoms with Gasteiger partial charge in [-0.3, -0.25) is 0 Å². The number of hydrogen-bond donors (Lipinski definition) is 2. The van der Waals surface area contributed by atoms with E-state index < -0.39 is 5.97 Å². The lowest BCUT2D eigenvalue weighted by atomic mass is 9.43. The predicted molar refractivity (Wildman–Crippen MR) is 135 cm³/mol. The molecule has 184 valence electrons. The highest BCUT2D eigenvalue weighted by molar-refractivity contribution is 5.85. The summed E-state index contributed by atoms with van der Waals surface area (Å²) in [5.74, 6) is 1.48. The monoisotopic (exact) mass is 454 g/mol. The van der Waals surface area contributed by atoms with E-state index >= 15 is 0 Å². The zero-order chi connectivity index (χ0) is 24.3. The minimum atomic E-state index is -0.806. The number of aliphatic hydroxyl groups excluding tert-OH is 1. The smallest absolute Gasteiger partial charge is 0.330 e. The third-order valence-corrected chi connectivity index (χ3v) is 10.8. The summed E-state index contributed by atoms with van der Waals surface area (Å²) >= 11 is 0. The number of carboxylic acids is 1. The standard InChI is InChI=1S/C30H46O3/c1-18(9-8-10-19(2)27(32)33)21-13-15-30(7)22-11-12-24-28(4,5)25(31)14-16-29(24,6)23(22)17-20(3)26(21)30/h10-11,18,20,23-25,31H,8-9,12-17H2,1-7H3,(H,32,33)/b19-10-/t18-,20-,23?,24?,25-,29-,30+/m1/s1. The van der Waals surface area contributed by atoms with Gasteiger partial charge in [-0.1, -0.05) is 70.4 Å². The van der Waals surface area contributed by atoms with Gasteiger partial charge in [0.25, 0.3) is 0 Å². The minimum Gasteiger partial charge on any atom is -0.478 e. The average Bonchev–Trinajstić information content (AvgIpc) is 3.11. The molecule has 0 aromatic rings. The van der Waals surface area contributed by atoms with Gasteiger partial charge in [0, 0.05) is 11.0 Å². The summed E-state index contributed by atoms with van der Waals surface area (Å²) in [5, 5.41) is 19.9. The molecule has 0 amide bonds. The van der Waals surface area contributed by atoms with E-state index in [1.165, 1.54) is 19.3 Å². The second kappa shape index (κ2) is 8.40. The molecule has 0 aromatic carbocycles. The lowest BCUT2D eigenvalue weighted by molar-refractivity contribution is -0.132. The van der Waals surface area contributed by atoms with E-state index in [0.717, 1.165) is 32.1 Å². The molecule has 0 aliphatic heterocycles. The Morgan fingerprint density at radius 2 is 1.94 bits per heavy atom. The number of aliphatic carboxylic acids is 1. The van der Waals surface area contributed by atoms with Crippen LogP contribution in [0.5, 0.6) is 0 Å². The van der Waals surface area contributed by atoms with Gasteiger partial charge in [-0.25, -0.2) is 4.79 Å². The molecule has 0 saturated heterocycles. The number of rotatable bonds is 5. The Morgan fingerprint density at radius 1 is 1.24 bits per heavy atom. The van der Waals surface area contributed by atoms with E-state index in [9.17, 15) is 9.90 Å². The minimum absolute atomic E-state index is 0.0216. The summed E-state index contributed by atoms with van der Waals surface area (Å²) in [6.07, 6.45) is 13.0. The Labute approximate surface area is 201 Å². The SMILES string of the molecule is C/C(=C/CC[C@@H](C)C1=C2[C@H](C)CC3C(=CCC4C(C)(C)[C@H](O)CC[C@]34C)[C@]2(C)CC1)C(=O)O. The Hall–Kier alpha value is -1.35. The zero-order valence-corrected chi connectivity index (χ0v) is 22.0. The maximum Gasteiger partial charge on any atom is 0.330 e. The van der Waals surface area contributed by atoms with Crippen molar-refractivity contribution in [2.24, 2.45) is 39.9 Å². The molecule has 3 heteroatoms. The molecule has 2 N–H and O–H groups in total. The molecule has 3 nitrogen and oxygen atoms in total. The van der Waals surface area contributed by atoms with E-state index in [2.05, 4.69) is 47.6 Å². The summed E-state index contributed by atoms with van der Waals surface area (Å²) in [6.45, 7) is 16.2. The molecule has 2 fully saturated rings. The summed E-state index contributed by atoms with van der Waals surface area (Å²) in [4.78, 5) is 11.1. The lowest BCUT2D eigenvalue weighted by Gasteiger charge is -2.62. The topological polar surface area (TPSA) is 57.5 Å². The first-order valence-corrected chi connectivity index (χ1v) is 13.4. The van der Waals surface area contributed by atoms with Crippen molar-refractivity contribution in [3.8, 4) is 0 Å². The van der Waals surface area contributed by atoms with Gasteiger partial charge in [-0.05, 0) is 92.8 Å². The fraction of sp³-hybridized carbons (Fsp3) is 0.767. The molecular weight excluding hydrogens is 408 g/mol. The first-order valence-electron chi connectivity index (χ1n) is 13.4. The first-order chi connectivity index (χ1) is 15.3. The highest BCUT2D eigenvalue weighted by Crippen LogP contribution is 2.69. The van der Waals surface area contributed by atoms with E-state index in [1.54, 1.807) is 23.6 Å². The third-order valence-electron chi connectivity index (χ3n) is 10.8. The van der Waals surface area contributed by atoms with Crippen LogP contribution in [-0.2, 0) is 4.79 Å². The largest absolute Gasteiger partial charge is 0.478 e. The normalized spacial score (nSPS) is 41.1. The summed E-state index contributed by atoms with van der Waals surface area (Å²) in [6, 6.07) is 0. The fourth-order valence-corrected chi connectivity index (χ4v) is 8.78. The van der Waals surface area contributed by atoms with E-state index in [0.29, 0.717) is 29.2 Å². The van der Waals surface area contributed by atoms with Crippen molar-refractivity contribution in [2.45, 2.75) is 106 Å². The first kappa shape index (κ1) is 24.8. The van der Waals surface area contributed by atoms with Gasteiger partial charge < -0.3 is 10.2 Å². The Balaban J connectivity index is 1.64. The molecule has 0 spiro atoms. The maximum absolute atomic E-state index is 11.1. The molecule has 7 atom stereocenters. The van der Waals surface area contributed by atoms with Crippen molar-refractivity contribution in [3.05, 3.63) is 34.4 Å². The van der Waals surface area contributed by atoms with Gasteiger partial charge in [-0.15, -0.1) is 0 Å². The van der Waals surface area contributed by atoms with Gasteiger partial charge >= 0.3 is 5.97 Å². The summed E-state index contributed by atoms with van der Waals surface area (Å²) in [7, 11) is 0. The summed E-state index contributed by atoms with van der Waals surface area (Å²) < 4.78 is 0. The van der Waals surface area contributed by atoms with Crippen LogP contribution in [0, 0.1) is 39.9 Å². The van der Waals surface area contributed by atoms with Crippen LogP contribution < -0.4 is 0 Å². The summed E-state index contributed by atoms with van der Waals surface area (Å²) in [5.41, 5.74) is 6.00. The van der Waals surface area contributed by atoms with Gasteiger partial charge in [0.05, 0.1) is 6.10 Å². The van der Waals surface area contributed by atoms with Gasteiger partial charge in [0.15, 0.2) is 0 Å². The highest BCUT2D eigenvalue weighted by Gasteiger charge is 2.60. The van der Waals surface area contributed by atoms with Crippen LogP contribution in [0.2, 0.25) is 0 Å². The number of allylic oxidation sites excluding steroid dienone is 5. The van der Waals surface area contributed by atoms with Crippen LogP contribution in [0.4, 0.5) is 0 Å². The molecule has 0 aromatic heterocycles. The Kier molecular flexibility index (Phi) is 6.30. The third kappa shape index (κ3) is 3.77. The Bertz CT molecular complexity index is 906. The van der Waals surface area contributed by atoms with Crippen LogP contribution in [0.3, 0.4) is 0 Å². The molecule has 2 saturated carbocycles. The second-order valence-corrected chi connectivity index (χ2v) is 13.0. The number of aliphatic hydroxyl groups is 1. The van der Waals surface area contributed by atoms with Gasteiger partial charge in [0.2, 0.25) is 0 Å². The molecule has 4 aliphatic carbocycles. The van der Waals surface area contributed by atoms with E-state index in [-0.39, 0.29) is 22.3 Å². The van der Waals surface area contributed by atoms with Crippen LogP contribution >= 0.6 is 0 Å². The van der Waals surface area contributed by atoms with Crippen molar-refractivity contribution in [3.63, 3.8) is 0 Å². The molecule has 33 heavy (non-hydrogen) atoms. The molecule has 4 rings (SSSR count). The average molecular weight is 455 g/mol. The number of hydrogen-bond acceptors (Lipinski definition) is 2. The van der Waals surface area contributed by atoms with Crippen molar-refractivity contribution < 1.29 is 15.0 Å². The molecular formula is C30H46O3. The second-order valence-electron chi connectivity index (χ2n) is 13.0. The van der Waals surface area contributed by atoms with Crippen molar-refractivity contribution in [1.82, 2.24) is 0 Å². The lowest BCUT2D eigenvalue weighted by Crippen LogP contribution is -2.56. The molecule has 0 heterocycles. The molecule has 4 aliphatic rings. The maximum atomic E-state index is 11.1. The van der Waals surface area contributed by atoms with E-state index in [1.807, 2.05) is 6.08 Å². The van der Waals surface area contributed by atoms with Crippen LogP contribution in [0.25, 0.3) is 0 Å². The predicted octanol–water partition coefficient (Wildman–Crippen LogP) is 7.32. The zero-order valence-electron chi connectivity index (χ0n) is 22.0. The van der Waals surface area contributed by atoms with E-state index in [4.69, 9.17) is 5.11 Å². The van der Waals surface area contributed by atoms with Crippen molar-refractivity contribution in [1.29, 1.82) is 0 Å². The fourth-order valence-electron chi connectivity index (χ4n) is 8.78. The van der Waals surface area contributed by atoms with Crippen molar-refractivity contribution in [2.75, 3.05) is 0 Å². The Morgan fingerprint density at radius 3 is 2.61 bits per heavy atom. The molecule has 0 bridgehead atoms. The van der Waals surface area contributed by atoms with Gasteiger partial charge in [-0.2, -0.15) is 0 Å². The molecule has 2 unspecified atom stereocenters. The number of carboxylic acid groups (broad SMARTS) is 1. The van der Waals surface area contributed by atoms with Crippen LogP contribution in [0.15, 0.2) is 34.4 Å². The quantitative estimate of drug-likeness (QED) is 0.338. The van der Waals surface area contributed by atoms with Crippen LogP contribution in [-0.4, -0.2) is 22.3 Å². The highest BCUT2D eigenvalue weighted by atomic mass is 16.4. The van der Waals surface area contributed by atoms with Crippen LogP contribution in [0.1, 0.15) is 99.8 Å². The van der Waals surface area contributed by atoms with Gasteiger partial charge in [0.1, 0.15) is 0 Å². The molecule has 0 radical (unpaired) electrons. The number of fused-ring (bicyclic) bond motifs is 5. The van der Waals surface area contributed by atoms with Crippen molar-refractivity contribution >= 4 is 5.97 Å².